The van der Waals surface area contributed by atoms with Gasteiger partial charge >= 0.3 is 0 Å². The molecule has 0 spiro atoms. The normalized spacial score (nSPS) is 12.6. The number of ether oxygens (including phenoxy) is 2. The average molecular weight is 935 g/mol. The number of aromatic nitrogens is 2. The molecule has 0 radical (unpaired) electrons. The van der Waals surface area contributed by atoms with Crippen molar-refractivity contribution in [2.24, 2.45) is 0 Å². The Bertz CT molecular complexity index is 4190. The molecule has 336 valence electrons. The Morgan fingerprint density at radius 2 is 0.833 bits per heavy atom. The number of hydrogen-bond acceptors (Lipinski definition) is 2. The van der Waals surface area contributed by atoms with Crippen LogP contribution in [0.3, 0.4) is 0 Å². The van der Waals surface area contributed by atoms with Crippen LogP contribution >= 0.6 is 0 Å². The molecule has 0 saturated heterocycles. The van der Waals surface area contributed by atoms with Gasteiger partial charge in [0.05, 0.1) is 27.8 Å². The van der Waals surface area contributed by atoms with Gasteiger partial charge in [-0.3, -0.25) is 0 Å². The van der Waals surface area contributed by atoms with Crippen LogP contribution in [0.25, 0.3) is 66.1 Å². The summed E-state index contributed by atoms with van der Waals surface area (Å²) in [4.78, 5) is 0. The van der Waals surface area contributed by atoms with Gasteiger partial charge in [-0.15, -0.1) is 0 Å². The van der Waals surface area contributed by atoms with E-state index in [1.165, 1.54) is 53.3 Å². The SMILES string of the molecule is c1ccc(-n2c3ccccc3c3cc4c(cc32)c2ccccc2n4-c2ccc3c(c2-c2cccc([Si](c4ccccc4)(c4ccccc4)c4ccccc4)c2)Oc2cccc4c2B3c2ccccc2O4)cc1. The quantitative estimate of drug-likeness (QED) is 0.118. The average Bonchev–Trinajstić information content (AvgIpc) is 3.95. The van der Waals surface area contributed by atoms with E-state index in [4.69, 9.17) is 9.47 Å². The molecule has 0 amide bonds. The lowest BCUT2D eigenvalue weighted by molar-refractivity contribution is 0.465. The van der Waals surface area contributed by atoms with Crippen LogP contribution in [0.4, 0.5) is 0 Å². The molecular weight excluding hydrogens is 892 g/mol. The Labute approximate surface area is 418 Å². The van der Waals surface area contributed by atoms with E-state index in [-0.39, 0.29) is 6.71 Å². The first-order chi connectivity index (χ1) is 35.7. The molecule has 0 unspecified atom stereocenters. The van der Waals surface area contributed by atoms with E-state index < -0.39 is 8.07 Å². The maximum absolute atomic E-state index is 7.46. The van der Waals surface area contributed by atoms with E-state index in [1.54, 1.807) is 0 Å². The van der Waals surface area contributed by atoms with Gasteiger partial charge in [0, 0.05) is 38.3 Å². The van der Waals surface area contributed by atoms with Crippen molar-refractivity contribution < 1.29 is 9.47 Å². The first-order valence-electron chi connectivity index (χ1n) is 24.8. The molecule has 72 heavy (non-hydrogen) atoms. The van der Waals surface area contributed by atoms with Crippen LogP contribution in [0.1, 0.15) is 0 Å². The van der Waals surface area contributed by atoms with Crippen molar-refractivity contribution in [2.45, 2.75) is 0 Å². The summed E-state index contributed by atoms with van der Waals surface area (Å²) >= 11 is 0. The molecular formula is C66H43BN2O2Si. The lowest BCUT2D eigenvalue weighted by Crippen LogP contribution is -2.74. The van der Waals surface area contributed by atoms with Crippen LogP contribution < -0.4 is 46.6 Å². The largest absolute Gasteiger partial charge is 0.458 e. The zero-order chi connectivity index (χ0) is 47.3. The van der Waals surface area contributed by atoms with E-state index in [1.807, 2.05) is 0 Å². The highest BCUT2D eigenvalue weighted by molar-refractivity contribution is 7.20. The van der Waals surface area contributed by atoms with Gasteiger partial charge in [0.2, 0.25) is 0 Å². The van der Waals surface area contributed by atoms with E-state index in [9.17, 15) is 0 Å². The first kappa shape index (κ1) is 40.8. The Morgan fingerprint density at radius 3 is 1.49 bits per heavy atom. The summed E-state index contributed by atoms with van der Waals surface area (Å²) in [5.41, 5.74) is 12.2. The van der Waals surface area contributed by atoms with Gasteiger partial charge in [0.25, 0.3) is 6.71 Å². The van der Waals surface area contributed by atoms with Gasteiger partial charge in [-0.2, -0.15) is 0 Å². The van der Waals surface area contributed by atoms with Crippen molar-refractivity contribution in [1.82, 2.24) is 9.13 Å². The van der Waals surface area contributed by atoms with Crippen molar-refractivity contribution in [3.63, 3.8) is 0 Å². The Kier molecular flexibility index (Phi) is 9.04. The van der Waals surface area contributed by atoms with Crippen molar-refractivity contribution in [1.29, 1.82) is 0 Å². The third kappa shape index (κ3) is 5.87. The molecule has 6 heteroatoms. The zero-order valence-corrected chi connectivity index (χ0v) is 40.1. The van der Waals surface area contributed by atoms with Gasteiger partial charge in [-0.05, 0) is 97.9 Å². The van der Waals surface area contributed by atoms with Crippen molar-refractivity contribution in [3.8, 4) is 45.5 Å². The maximum Gasteiger partial charge on any atom is 0.260 e. The molecule has 2 aliphatic heterocycles. The number of fused-ring (bicyclic) bond motifs is 10. The lowest BCUT2D eigenvalue weighted by atomic mass is 9.34. The van der Waals surface area contributed by atoms with Crippen LogP contribution in [-0.2, 0) is 0 Å². The van der Waals surface area contributed by atoms with Crippen LogP contribution in [-0.4, -0.2) is 23.9 Å². The minimum absolute atomic E-state index is 0.103. The molecule has 2 aromatic heterocycles. The molecule has 13 aromatic rings. The second-order valence-corrected chi connectivity index (χ2v) is 22.9. The third-order valence-corrected chi connectivity index (χ3v) is 20.2. The molecule has 0 fully saturated rings. The second kappa shape index (κ2) is 16.0. The van der Waals surface area contributed by atoms with Crippen LogP contribution in [0, 0.1) is 0 Å². The highest BCUT2D eigenvalue weighted by atomic mass is 28.3. The monoisotopic (exact) mass is 934 g/mol. The molecule has 15 rings (SSSR count). The van der Waals surface area contributed by atoms with Crippen LogP contribution in [0.5, 0.6) is 23.0 Å². The van der Waals surface area contributed by atoms with Gasteiger partial charge in [0.1, 0.15) is 23.0 Å². The van der Waals surface area contributed by atoms with E-state index in [0.29, 0.717) is 0 Å². The topological polar surface area (TPSA) is 28.3 Å². The fraction of sp³-hybridized carbons (Fsp3) is 0. The number of benzene rings is 11. The molecule has 0 saturated carbocycles. The summed E-state index contributed by atoms with van der Waals surface area (Å²) in [7, 11) is -2.94. The zero-order valence-electron chi connectivity index (χ0n) is 39.1. The second-order valence-electron chi connectivity index (χ2n) is 19.1. The van der Waals surface area contributed by atoms with Gasteiger partial charge < -0.3 is 18.6 Å². The molecule has 0 atom stereocenters. The van der Waals surface area contributed by atoms with E-state index in [0.717, 1.165) is 72.9 Å². The summed E-state index contributed by atoms with van der Waals surface area (Å²) in [5.74, 6) is 3.38. The molecule has 4 heterocycles. The highest BCUT2D eigenvalue weighted by Crippen LogP contribution is 2.46. The summed E-state index contributed by atoms with van der Waals surface area (Å²) in [5, 5.41) is 10.1. The van der Waals surface area contributed by atoms with Crippen LogP contribution in [0.2, 0.25) is 0 Å². The summed E-state index contributed by atoms with van der Waals surface area (Å²) < 4.78 is 19.0. The first-order valence-corrected chi connectivity index (χ1v) is 26.8. The number of hydrogen-bond donors (Lipinski definition) is 0. The molecule has 2 aliphatic rings. The predicted octanol–water partition coefficient (Wildman–Crippen LogP) is 11.7. The van der Waals surface area contributed by atoms with Gasteiger partial charge in [0.15, 0.2) is 8.07 Å². The molecule has 11 aromatic carbocycles. The third-order valence-electron chi connectivity index (χ3n) is 15.4. The molecule has 0 aliphatic carbocycles. The summed E-state index contributed by atoms with van der Waals surface area (Å²) in [6.07, 6.45) is 0. The smallest absolute Gasteiger partial charge is 0.260 e. The number of para-hydroxylation sites is 4. The standard InChI is InChI=1S/C66H43BN2O2Si/c1-5-22-45(23-6-1)68-56-34-16-13-31-50(56)52-43-60-53(42-59(52)68)51-32-14-17-35-57(51)69(60)58-40-39-55-66(71-63-38-20-37-62-65(63)67(55)54-33-15-18-36-61(54)70-62)64(58)44-21-19-30-49(41-44)72(46-24-7-2-8-25-46,47-26-9-3-10-27-47)48-28-11-4-12-29-48/h1-43H. The predicted molar refractivity (Wildman–Crippen MR) is 302 cm³/mol. The summed E-state index contributed by atoms with van der Waals surface area (Å²) in [6.45, 7) is -0.103. The maximum atomic E-state index is 7.46. The highest BCUT2D eigenvalue weighted by Gasteiger charge is 2.44. The fourth-order valence-corrected chi connectivity index (χ4v) is 17.2. The fourth-order valence-electron chi connectivity index (χ4n) is 12.4. The van der Waals surface area contributed by atoms with Crippen molar-refractivity contribution in [2.75, 3.05) is 0 Å². The molecule has 4 nitrogen and oxygen atoms in total. The molecule has 0 bridgehead atoms. The van der Waals surface area contributed by atoms with E-state index >= 15 is 0 Å². The number of rotatable bonds is 7. The Morgan fingerprint density at radius 1 is 0.333 bits per heavy atom. The van der Waals surface area contributed by atoms with Gasteiger partial charge in [-0.25, -0.2) is 0 Å². The minimum atomic E-state index is -2.94. The van der Waals surface area contributed by atoms with E-state index in [2.05, 4.69) is 270 Å². The molecule has 0 N–H and O–H groups in total. The van der Waals surface area contributed by atoms with Crippen molar-refractivity contribution >= 4 is 95.5 Å². The van der Waals surface area contributed by atoms with Gasteiger partial charge in [-0.1, -0.05) is 200 Å². The van der Waals surface area contributed by atoms with Crippen LogP contribution in [0.15, 0.2) is 261 Å². The summed E-state index contributed by atoms with van der Waals surface area (Å²) in [6, 6.07) is 95.7. The number of nitrogens with zero attached hydrogens (tertiary/aromatic N) is 2. The Hall–Kier alpha value is -9.10. The Balaban J connectivity index is 1.07. The van der Waals surface area contributed by atoms with Crippen molar-refractivity contribution in [3.05, 3.63) is 261 Å². The minimum Gasteiger partial charge on any atom is -0.458 e. The lowest BCUT2D eigenvalue weighted by Gasteiger charge is -2.35.